The van der Waals surface area contributed by atoms with Gasteiger partial charge in [0.1, 0.15) is 11.4 Å². The van der Waals surface area contributed by atoms with E-state index in [1.54, 1.807) is 36.6 Å². The van der Waals surface area contributed by atoms with Crippen LogP contribution in [-0.2, 0) is 6.54 Å². The molecule has 2 aromatic rings. The Hall–Kier alpha value is -2.08. The molecule has 0 aliphatic heterocycles. The zero-order valence-electron chi connectivity index (χ0n) is 10.8. The van der Waals surface area contributed by atoms with Crippen LogP contribution < -0.4 is 10.6 Å². The van der Waals surface area contributed by atoms with Gasteiger partial charge in [-0.15, -0.1) is 11.3 Å². The number of nitro groups is 1. The lowest BCUT2D eigenvalue weighted by atomic mass is 10.2. The van der Waals surface area contributed by atoms with Gasteiger partial charge in [0.2, 0.25) is 0 Å². The van der Waals surface area contributed by atoms with Gasteiger partial charge in [0, 0.05) is 18.5 Å². The molecular formula is C13H15N3O2S. The number of anilines is 2. The summed E-state index contributed by atoms with van der Waals surface area (Å²) in [4.78, 5) is 12.0. The molecule has 0 atom stereocenters. The molecule has 0 saturated carbocycles. The van der Waals surface area contributed by atoms with E-state index in [1.807, 2.05) is 18.4 Å². The fourth-order valence-corrected chi connectivity index (χ4v) is 2.69. The van der Waals surface area contributed by atoms with E-state index >= 15 is 0 Å². The van der Waals surface area contributed by atoms with Gasteiger partial charge in [0.05, 0.1) is 4.92 Å². The third-order valence-electron chi connectivity index (χ3n) is 2.90. The largest absolute Gasteiger partial charge is 0.382 e. The normalized spacial score (nSPS) is 10.2. The van der Waals surface area contributed by atoms with Crippen LogP contribution in [-0.4, -0.2) is 12.0 Å². The maximum Gasteiger partial charge on any atom is 0.315 e. The average Bonchev–Trinajstić information content (AvgIpc) is 2.81. The van der Waals surface area contributed by atoms with Crippen molar-refractivity contribution in [3.63, 3.8) is 0 Å². The number of nitrogens with one attached hydrogen (secondary N) is 2. The Bertz CT molecular complexity index is 595. The van der Waals surface area contributed by atoms with E-state index in [9.17, 15) is 10.1 Å². The summed E-state index contributed by atoms with van der Waals surface area (Å²) in [7, 11) is 1.68. The van der Waals surface area contributed by atoms with Gasteiger partial charge in [-0.05, 0) is 36.1 Å². The first-order valence-corrected chi connectivity index (χ1v) is 6.73. The summed E-state index contributed by atoms with van der Waals surface area (Å²) >= 11 is 1.65. The topological polar surface area (TPSA) is 67.2 Å². The Morgan fingerprint density at radius 3 is 2.63 bits per heavy atom. The average molecular weight is 277 g/mol. The van der Waals surface area contributed by atoms with Crippen molar-refractivity contribution in [1.29, 1.82) is 0 Å². The van der Waals surface area contributed by atoms with Crippen LogP contribution in [0.15, 0.2) is 29.6 Å². The summed E-state index contributed by atoms with van der Waals surface area (Å²) in [6, 6.07) is 7.25. The predicted octanol–water partition coefficient (Wildman–Crippen LogP) is 3.62. The molecule has 6 heteroatoms. The van der Waals surface area contributed by atoms with Crippen LogP contribution in [0.3, 0.4) is 0 Å². The molecule has 0 bridgehead atoms. The number of rotatable bonds is 5. The molecular weight excluding hydrogens is 262 g/mol. The summed E-state index contributed by atoms with van der Waals surface area (Å²) in [5, 5.41) is 19.2. The molecule has 100 valence electrons. The van der Waals surface area contributed by atoms with Gasteiger partial charge in [0.25, 0.3) is 0 Å². The van der Waals surface area contributed by atoms with Crippen LogP contribution in [0, 0.1) is 17.0 Å². The molecule has 0 aliphatic rings. The standard InChI is InChI=1S/C13H15N3O2S/c1-9-6-7-19-12(9)8-15-11-5-3-4-10(14-2)13(11)16(17)18/h3-7,14-15H,8H2,1-2H3. The number of nitrogens with zero attached hydrogens (tertiary/aromatic N) is 1. The summed E-state index contributed by atoms with van der Waals surface area (Å²) in [5.41, 5.74) is 2.33. The zero-order valence-corrected chi connectivity index (χ0v) is 11.6. The predicted molar refractivity (Wildman–Crippen MR) is 79.0 cm³/mol. The van der Waals surface area contributed by atoms with Crippen molar-refractivity contribution in [2.45, 2.75) is 13.5 Å². The Labute approximate surface area is 115 Å². The van der Waals surface area contributed by atoms with E-state index in [4.69, 9.17) is 0 Å². The van der Waals surface area contributed by atoms with Crippen LogP contribution >= 0.6 is 11.3 Å². The Kier molecular flexibility index (Phi) is 4.01. The molecule has 0 fully saturated rings. The fraction of sp³-hybridized carbons (Fsp3) is 0.231. The number of benzene rings is 1. The Morgan fingerprint density at radius 1 is 1.32 bits per heavy atom. The van der Waals surface area contributed by atoms with E-state index < -0.39 is 0 Å². The van der Waals surface area contributed by atoms with Gasteiger partial charge in [-0.2, -0.15) is 0 Å². The molecule has 0 aliphatic carbocycles. The van der Waals surface area contributed by atoms with Crippen molar-refractivity contribution >= 4 is 28.4 Å². The van der Waals surface area contributed by atoms with Crippen molar-refractivity contribution in [3.05, 3.63) is 50.2 Å². The molecule has 2 rings (SSSR count). The van der Waals surface area contributed by atoms with E-state index in [1.165, 1.54) is 10.4 Å². The quantitative estimate of drug-likeness (QED) is 0.647. The first-order chi connectivity index (χ1) is 9.13. The lowest BCUT2D eigenvalue weighted by Crippen LogP contribution is -2.04. The van der Waals surface area contributed by atoms with Gasteiger partial charge >= 0.3 is 5.69 Å². The van der Waals surface area contributed by atoms with Crippen LogP contribution in [0.4, 0.5) is 17.1 Å². The van der Waals surface area contributed by atoms with Crippen molar-refractivity contribution in [3.8, 4) is 0 Å². The molecule has 2 N–H and O–H groups in total. The maximum atomic E-state index is 11.2. The maximum absolute atomic E-state index is 11.2. The second kappa shape index (κ2) is 5.71. The van der Waals surface area contributed by atoms with Gasteiger partial charge in [0.15, 0.2) is 0 Å². The lowest BCUT2D eigenvalue weighted by molar-refractivity contribution is -0.383. The molecule has 1 heterocycles. The third kappa shape index (κ3) is 2.85. The minimum absolute atomic E-state index is 0.0826. The van der Waals surface area contributed by atoms with Crippen molar-refractivity contribution in [2.75, 3.05) is 17.7 Å². The first-order valence-electron chi connectivity index (χ1n) is 5.85. The second-order valence-corrected chi connectivity index (χ2v) is 5.09. The molecule has 1 aromatic heterocycles. The summed E-state index contributed by atoms with van der Waals surface area (Å²) in [5.74, 6) is 0. The molecule has 19 heavy (non-hydrogen) atoms. The molecule has 1 aromatic carbocycles. The Balaban J connectivity index is 2.25. The van der Waals surface area contributed by atoms with Crippen molar-refractivity contribution in [1.82, 2.24) is 0 Å². The monoisotopic (exact) mass is 277 g/mol. The minimum Gasteiger partial charge on any atom is -0.382 e. The number of para-hydroxylation sites is 1. The van der Waals surface area contributed by atoms with Gasteiger partial charge in [-0.25, -0.2) is 0 Å². The highest BCUT2D eigenvalue weighted by atomic mass is 32.1. The number of hydrogen-bond acceptors (Lipinski definition) is 5. The molecule has 0 spiro atoms. The van der Waals surface area contributed by atoms with Crippen LogP contribution in [0.1, 0.15) is 10.4 Å². The van der Waals surface area contributed by atoms with Crippen LogP contribution in [0.2, 0.25) is 0 Å². The SMILES string of the molecule is CNc1cccc(NCc2sccc2C)c1[N+](=O)[O-]. The number of thiophene rings is 1. The molecule has 0 saturated heterocycles. The first kappa shape index (κ1) is 13.4. The summed E-state index contributed by atoms with van der Waals surface area (Å²) < 4.78 is 0. The number of nitro benzene ring substituents is 1. The Morgan fingerprint density at radius 2 is 2.05 bits per heavy atom. The summed E-state index contributed by atoms with van der Waals surface area (Å²) in [6.07, 6.45) is 0. The summed E-state index contributed by atoms with van der Waals surface area (Å²) in [6.45, 7) is 2.63. The van der Waals surface area contributed by atoms with Crippen molar-refractivity contribution < 1.29 is 4.92 Å². The van der Waals surface area contributed by atoms with E-state index in [-0.39, 0.29) is 10.6 Å². The fourth-order valence-electron chi connectivity index (χ4n) is 1.85. The van der Waals surface area contributed by atoms with Gasteiger partial charge in [-0.3, -0.25) is 10.1 Å². The lowest BCUT2D eigenvalue weighted by Gasteiger charge is -2.09. The third-order valence-corrected chi connectivity index (χ3v) is 3.92. The van der Waals surface area contributed by atoms with E-state index in [0.29, 0.717) is 17.9 Å². The molecule has 0 amide bonds. The van der Waals surface area contributed by atoms with Crippen molar-refractivity contribution in [2.24, 2.45) is 0 Å². The molecule has 0 unspecified atom stereocenters. The smallest absolute Gasteiger partial charge is 0.315 e. The molecule has 5 nitrogen and oxygen atoms in total. The highest BCUT2D eigenvalue weighted by Crippen LogP contribution is 2.33. The highest BCUT2D eigenvalue weighted by Gasteiger charge is 2.18. The van der Waals surface area contributed by atoms with Gasteiger partial charge < -0.3 is 10.6 Å². The van der Waals surface area contributed by atoms with Crippen LogP contribution in [0.5, 0.6) is 0 Å². The van der Waals surface area contributed by atoms with E-state index in [0.717, 1.165) is 0 Å². The second-order valence-electron chi connectivity index (χ2n) is 4.09. The van der Waals surface area contributed by atoms with Gasteiger partial charge in [-0.1, -0.05) is 6.07 Å². The molecule has 0 radical (unpaired) electrons. The zero-order chi connectivity index (χ0) is 13.8. The van der Waals surface area contributed by atoms with E-state index in [2.05, 4.69) is 10.6 Å². The number of hydrogen-bond donors (Lipinski definition) is 2. The number of aryl methyl sites for hydroxylation is 1. The van der Waals surface area contributed by atoms with Crippen LogP contribution in [0.25, 0.3) is 0 Å². The minimum atomic E-state index is -0.366. The highest BCUT2D eigenvalue weighted by molar-refractivity contribution is 7.10.